The van der Waals surface area contributed by atoms with Crippen LogP contribution in [0.4, 0.5) is 5.82 Å². The van der Waals surface area contributed by atoms with Crippen molar-refractivity contribution in [1.82, 2.24) is 20.1 Å². The van der Waals surface area contributed by atoms with E-state index in [1.807, 2.05) is 36.3 Å². The van der Waals surface area contributed by atoms with E-state index in [0.717, 1.165) is 50.9 Å². The number of piperazine rings is 1. The van der Waals surface area contributed by atoms with Crippen LogP contribution in [0.3, 0.4) is 0 Å². The lowest BCUT2D eigenvalue weighted by Crippen LogP contribution is -2.49. The Balaban J connectivity index is 1.40. The van der Waals surface area contributed by atoms with Crippen LogP contribution in [0.1, 0.15) is 24.5 Å². The summed E-state index contributed by atoms with van der Waals surface area (Å²) in [4.78, 5) is 27.7. The Morgan fingerprint density at radius 2 is 1.81 bits per heavy atom. The van der Waals surface area contributed by atoms with E-state index in [1.54, 1.807) is 7.05 Å². The van der Waals surface area contributed by atoms with Crippen molar-refractivity contribution >= 4 is 17.7 Å². The maximum absolute atomic E-state index is 12.6. The maximum Gasteiger partial charge on any atom is 0.224 e. The average molecular weight is 423 g/mol. The molecule has 1 aliphatic rings. The summed E-state index contributed by atoms with van der Waals surface area (Å²) in [6.45, 7) is 6.61. The zero-order valence-electron chi connectivity index (χ0n) is 18.9. The highest BCUT2D eigenvalue weighted by Gasteiger charge is 2.21. The van der Waals surface area contributed by atoms with E-state index < -0.39 is 0 Å². The molecule has 0 unspecified atom stereocenters. The Hall–Kier alpha value is -3.09. The van der Waals surface area contributed by atoms with Crippen LogP contribution < -0.4 is 10.2 Å². The van der Waals surface area contributed by atoms with Crippen molar-refractivity contribution in [2.45, 2.75) is 26.3 Å². The van der Waals surface area contributed by atoms with Gasteiger partial charge in [-0.15, -0.1) is 0 Å². The molecule has 2 heterocycles. The highest BCUT2D eigenvalue weighted by Crippen LogP contribution is 2.13. The monoisotopic (exact) mass is 422 g/mol. The number of hydrogen-bond donors (Lipinski definition) is 1. The maximum atomic E-state index is 12.6. The summed E-state index contributed by atoms with van der Waals surface area (Å²) in [6, 6.07) is 14.6. The van der Waals surface area contributed by atoms with Gasteiger partial charge in [-0.25, -0.2) is 4.98 Å². The van der Waals surface area contributed by atoms with Crippen molar-refractivity contribution in [3.05, 3.63) is 59.8 Å². The number of aryl methyl sites for hydroxylation is 1. The van der Waals surface area contributed by atoms with Crippen LogP contribution in [-0.4, -0.2) is 73.5 Å². The van der Waals surface area contributed by atoms with Crippen molar-refractivity contribution in [3.8, 4) is 0 Å². The number of hydrogen-bond acceptors (Lipinski definition) is 4. The van der Waals surface area contributed by atoms with Crippen molar-refractivity contribution in [2.75, 3.05) is 51.7 Å². The van der Waals surface area contributed by atoms with E-state index in [2.05, 4.69) is 56.3 Å². The van der Waals surface area contributed by atoms with E-state index in [4.69, 9.17) is 0 Å². The first kappa shape index (κ1) is 22.6. The molecule has 1 amide bonds. The minimum absolute atomic E-state index is 0.182. The summed E-state index contributed by atoms with van der Waals surface area (Å²) in [5.74, 6) is 1.96. The molecule has 0 atom stereocenters. The molecule has 31 heavy (non-hydrogen) atoms. The number of aliphatic imine (C=N–C) groups is 1. The zero-order chi connectivity index (χ0) is 22.1. The number of pyridine rings is 1. The number of nitrogens with zero attached hydrogens (tertiary/aromatic N) is 5. The number of benzene rings is 1. The minimum atomic E-state index is 0.182. The number of carbonyl (C=O) groups excluding carboxylic acids is 1. The SMILES string of the molecule is CCc1ccc(CN(C)C(=NC)NCCC(=O)N2CCN(c3ccccn3)CC2)cc1. The third-order valence-corrected chi connectivity index (χ3v) is 5.65. The fraction of sp³-hybridized carbons (Fsp3) is 0.458. The molecule has 1 aromatic carbocycles. The summed E-state index contributed by atoms with van der Waals surface area (Å²) in [6.07, 6.45) is 3.32. The van der Waals surface area contributed by atoms with Gasteiger partial charge in [-0.05, 0) is 29.7 Å². The molecule has 166 valence electrons. The first-order valence-corrected chi connectivity index (χ1v) is 11.0. The molecular weight excluding hydrogens is 388 g/mol. The summed E-state index contributed by atoms with van der Waals surface area (Å²) < 4.78 is 0. The van der Waals surface area contributed by atoms with Crippen molar-refractivity contribution in [2.24, 2.45) is 4.99 Å². The summed E-state index contributed by atoms with van der Waals surface area (Å²) in [5, 5.41) is 3.32. The zero-order valence-corrected chi connectivity index (χ0v) is 18.9. The third kappa shape index (κ3) is 6.44. The Morgan fingerprint density at radius 1 is 1.10 bits per heavy atom. The van der Waals surface area contributed by atoms with Gasteiger partial charge >= 0.3 is 0 Å². The fourth-order valence-corrected chi connectivity index (χ4v) is 3.78. The van der Waals surface area contributed by atoms with Gasteiger partial charge in [0.25, 0.3) is 0 Å². The molecule has 1 saturated heterocycles. The van der Waals surface area contributed by atoms with E-state index >= 15 is 0 Å². The second-order valence-electron chi connectivity index (χ2n) is 7.81. The van der Waals surface area contributed by atoms with Crippen LogP contribution in [-0.2, 0) is 17.8 Å². The van der Waals surface area contributed by atoms with Crippen LogP contribution in [0.5, 0.6) is 0 Å². The van der Waals surface area contributed by atoms with E-state index in [-0.39, 0.29) is 5.91 Å². The first-order chi connectivity index (χ1) is 15.1. The number of amides is 1. The van der Waals surface area contributed by atoms with E-state index in [9.17, 15) is 4.79 Å². The van der Waals surface area contributed by atoms with Crippen LogP contribution in [0.15, 0.2) is 53.7 Å². The molecule has 1 fully saturated rings. The predicted octanol–water partition coefficient (Wildman–Crippen LogP) is 2.39. The van der Waals surface area contributed by atoms with Crippen LogP contribution in [0.2, 0.25) is 0 Å². The lowest BCUT2D eigenvalue weighted by atomic mass is 10.1. The molecule has 0 bridgehead atoms. The first-order valence-electron chi connectivity index (χ1n) is 11.0. The molecule has 2 aromatic rings. The number of nitrogens with one attached hydrogen (secondary N) is 1. The molecule has 0 aliphatic carbocycles. The number of rotatable bonds is 7. The van der Waals surface area contributed by atoms with Crippen molar-refractivity contribution < 1.29 is 4.79 Å². The van der Waals surface area contributed by atoms with Crippen molar-refractivity contribution in [3.63, 3.8) is 0 Å². The van der Waals surface area contributed by atoms with Gasteiger partial charge in [0.2, 0.25) is 5.91 Å². The van der Waals surface area contributed by atoms with Gasteiger partial charge in [-0.2, -0.15) is 0 Å². The summed E-state index contributed by atoms with van der Waals surface area (Å²) in [7, 11) is 3.79. The van der Waals surface area contributed by atoms with Gasteiger partial charge in [0.1, 0.15) is 5.82 Å². The molecule has 1 aliphatic heterocycles. The molecule has 1 aromatic heterocycles. The Kier molecular flexibility index (Phi) is 8.27. The number of guanidine groups is 1. The normalized spacial score (nSPS) is 14.5. The number of anilines is 1. The van der Waals surface area contributed by atoms with Crippen LogP contribution in [0, 0.1) is 0 Å². The fourth-order valence-electron chi connectivity index (χ4n) is 3.78. The van der Waals surface area contributed by atoms with Gasteiger partial charge in [0, 0.05) is 66.0 Å². The third-order valence-electron chi connectivity index (χ3n) is 5.65. The molecule has 1 N–H and O–H groups in total. The second-order valence-corrected chi connectivity index (χ2v) is 7.81. The second kappa shape index (κ2) is 11.3. The quantitative estimate of drug-likeness (QED) is 0.548. The highest BCUT2D eigenvalue weighted by atomic mass is 16.2. The molecule has 7 heteroatoms. The molecule has 0 radical (unpaired) electrons. The molecule has 0 spiro atoms. The highest BCUT2D eigenvalue weighted by molar-refractivity contribution is 5.81. The lowest BCUT2D eigenvalue weighted by molar-refractivity contribution is -0.131. The van der Waals surface area contributed by atoms with Crippen LogP contribution >= 0.6 is 0 Å². The molecular formula is C24H34N6O. The predicted molar refractivity (Wildman–Crippen MR) is 126 cm³/mol. The van der Waals surface area contributed by atoms with E-state index in [0.29, 0.717) is 13.0 Å². The lowest BCUT2D eigenvalue weighted by Gasteiger charge is -2.35. The number of aromatic nitrogens is 1. The average Bonchev–Trinajstić information content (AvgIpc) is 2.82. The van der Waals surface area contributed by atoms with Gasteiger partial charge < -0.3 is 20.0 Å². The largest absolute Gasteiger partial charge is 0.356 e. The smallest absolute Gasteiger partial charge is 0.224 e. The number of carbonyl (C=O) groups is 1. The van der Waals surface area contributed by atoms with Gasteiger partial charge in [0.15, 0.2) is 5.96 Å². The van der Waals surface area contributed by atoms with Crippen molar-refractivity contribution in [1.29, 1.82) is 0 Å². The van der Waals surface area contributed by atoms with Gasteiger partial charge in [-0.3, -0.25) is 9.79 Å². The topological polar surface area (TPSA) is 64.1 Å². The molecule has 3 rings (SSSR count). The molecule has 7 nitrogen and oxygen atoms in total. The van der Waals surface area contributed by atoms with Gasteiger partial charge in [-0.1, -0.05) is 37.3 Å². The summed E-state index contributed by atoms with van der Waals surface area (Å²) in [5.41, 5.74) is 2.58. The Morgan fingerprint density at radius 3 is 2.42 bits per heavy atom. The van der Waals surface area contributed by atoms with E-state index in [1.165, 1.54) is 11.1 Å². The Bertz CT molecular complexity index is 844. The van der Waals surface area contributed by atoms with Gasteiger partial charge in [0.05, 0.1) is 0 Å². The summed E-state index contributed by atoms with van der Waals surface area (Å²) >= 11 is 0. The Labute approximate surface area is 185 Å². The van der Waals surface area contributed by atoms with Crippen LogP contribution in [0.25, 0.3) is 0 Å². The molecule has 0 saturated carbocycles. The minimum Gasteiger partial charge on any atom is -0.356 e. The standard InChI is InChI=1S/C24H34N6O/c1-4-20-8-10-21(11-9-20)19-28(3)24(25-2)27-14-12-23(31)30-17-15-29(16-18-30)22-7-5-6-13-26-22/h5-11,13H,4,12,14-19H2,1-3H3,(H,25,27).